The van der Waals surface area contributed by atoms with Crippen molar-refractivity contribution in [1.29, 1.82) is 0 Å². The maximum absolute atomic E-state index is 2.37. The van der Waals surface area contributed by atoms with Crippen LogP contribution in [0, 0.1) is 27.7 Å². The fraction of sp³-hybridized carbons (Fsp3) is 0.118. The Kier molecular flexibility index (Phi) is 6.60. The van der Waals surface area contributed by atoms with Gasteiger partial charge in [-0.2, -0.15) is 0 Å². The molecule has 0 unspecified atom stereocenters. The van der Waals surface area contributed by atoms with Gasteiger partial charge in [-0.25, -0.2) is 0 Å². The van der Waals surface area contributed by atoms with E-state index in [-0.39, 0.29) is 0 Å². The Morgan fingerprint density at radius 1 is 0.333 bits per heavy atom. The van der Waals surface area contributed by atoms with E-state index in [1.807, 2.05) is 0 Å². The van der Waals surface area contributed by atoms with E-state index in [0.29, 0.717) is 0 Å². The van der Waals surface area contributed by atoms with E-state index in [0.717, 1.165) is 34.1 Å². The smallest absolute Gasteiger partial charge is 0.0702 e. The summed E-state index contributed by atoms with van der Waals surface area (Å²) in [5.41, 5.74) is 11.7. The van der Waals surface area contributed by atoms with Crippen LogP contribution < -0.4 is 9.80 Å². The number of hydrogen-bond acceptors (Lipinski definition) is 2. The summed E-state index contributed by atoms with van der Waals surface area (Å²) in [4.78, 5) is 4.74. The van der Waals surface area contributed by atoms with Gasteiger partial charge in [-0.05, 0) is 111 Å². The van der Waals surface area contributed by atoms with Crippen LogP contribution in [0.3, 0.4) is 0 Å². The normalized spacial score (nSPS) is 10.8. The van der Waals surface area contributed by atoms with Gasteiger partial charge in [0.2, 0.25) is 0 Å². The van der Waals surface area contributed by atoms with E-state index >= 15 is 0 Å². The monoisotopic (exact) mass is 468 g/mol. The number of hydrogen-bond donors (Lipinski definition) is 0. The summed E-state index contributed by atoms with van der Waals surface area (Å²) in [7, 11) is 0. The summed E-state index contributed by atoms with van der Waals surface area (Å²) in [5, 5.41) is 0. The van der Waals surface area contributed by atoms with Crippen molar-refractivity contribution < 1.29 is 0 Å². The van der Waals surface area contributed by atoms with Gasteiger partial charge < -0.3 is 9.80 Å². The van der Waals surface area contributed by atoms with Gasteiger partial charge in [-0.1, -0.05) is 60.7 Å². The fourth-order valence-electron chi connectivity index (χ4n) is 4.77. The zero-order chi connectivity index (χ0) is 25.1. The standard InChI is InChI=1S/C34H32N2/c1-25-11-7-15-29(21-25)35(30-16-8-12-26(2)22-30)33-19-5-6-20-34(33)36(31-17-9-13-27(3)23-31)32-18-10-14-28(4)24-32/h5-24H,1-4H3. The van der Waals surface area contributed by atoms with Crippen molar-refractivity contribution in [1.82, 2.24) is 0 Å². The molecule has 0 aliphatic rings. The molecule has 0 N–H and O–H groups in total. The summed E-state index contributed by atoms with van der Waals surface area (Å²) in [6, 6.07) is 43.6. The number of para-hydroxylation sites is 2. The van der Waals surface area contributed by atoms with Crippen molar-refractivity contribution in [3.8, 4) is 0 Å². The predicted octanol–water partition coefficient (Wildman–Crippen LogP) is 9.86. The Balaban J connectivity index is 1.78. The molecule has 0 saturated heterocycles. The number of rotatable bonds is 6. The van der Waals surface area contributed by atoms with Gasteiger partial charge in [0, 0.05) is 22.7 Å². The molecular weight excluding hydrogens is 436 g/mol. The molecule has 0 aliphatic carbocycles. The molecule has 36 heavy (non-hydrogen) atoms. The van der Waals surface area contributed by atoms with Gasteiger partial charge in [-0.15, -0.1) is 0 Å². The minimum absolute atomic E-state index is 1.12. The van der Waals surface area contributed by atoms with Gasteiger partial charge >= 0.3 is 0 Å². The Labute approximate surface area is 215 Å². The lowest BCUT2D eigenvalue weighted by Gasteiger charge is -2.33. The highest BCUT2D eigenvalue weighted by molar-refractivity contribution is 5.91. The first kappa shape index (κ1) is 23.4. The summed E-state index contributed by atoms with van der Waals surface area (Å²) in [6.45, 7) is 8.59. The molecule has 0 atom stereocenters. The fourth-order valence-corrected chi connectivity index (χ4v) is 4.77. The van der Waals surface area contributed by atoms with Gasteiger partial charge in [0.05, 0.1) is 11.4 Å². The molecule has 0 heterocycles. The number of nitrogens with zero attached hydrogens (tertiary/aromatic N) is 2. The van der Waals surface area contributed by atoms with E-state index < -0.39 is 0 Å². The van der Waals surface area contributed by atoms with Crippen LogP contribution in [0.25, 0.3) is 0 Å². The van der Waals surface area contributed by atoms with Crippen LogP contribution in [-0.2, 0) is 0 Å². The quantitative estimate of drug-likeness (QED) is 0.245. The lowest BCUT2D eigenvalue weighted by atomic mass is 10.1. The molecule has 0 aliphatic heterocycles. The third-order valence-corrected chi connectivity index (χ3v) is 6.40. The van der Waals surface area contributed by atoms with Gasteiger partial charge in [0.25, 0.3) is 0 Å². The van der Waals surface area contributed by atoms with Crippen molar-refractivity contribution in [3.63, 3.8) is 0 Å². The minimum Gasteiger partial charge on any atom is -0.308 e. The summed E-state index contributed by atoms with van der Waals surface area (Å²) in [5.74, 6) is 0. The van der Waals surface area contributed by atoms with Crippen molar-refractivity contribution in [2.75, 3.05) is 9.80 Å². The second kappa shape index (κ2) is 10.1. The lowest BCUT2D eigenvalue weighted by molar-refractivity contribution is 1.21. The van der Waals surface area contributed by atoms with Gasteiger partial charge in [0.1, 0.15) is 0 Å². The molecule has 0 bridgehead atoms. The van der Waals surface area contributed by atoms with E-state index in [9.17, 15) is 0 Å². The van der Waals surface area contributed by atoms with Crippen molar-refractivity contribution in [2.45, 2.75) is 27.7 Å². The van der Waals surface area contributed by atoms with E-state index in [2.05, 4.69) is 159 Å². The van der Waals surface area contributed by atoms with E-state index in [1.165, 1.54) is 22.3 Å². The van der Waals surface area contributed by atoms with Gasteiger partial charge in [0.15, 0.2) is 0 Å². The maximum Gasteiger partial charge on any atom is 0.0702 e. The molecule has 0 aromatic heterocycles. The molecule has 0 saturated carbocycles. The Hall–Kier alpha value is -4.30. The molecule has 0 fully saturated rings. The molecular formula is C34H32N2. The molecule has 2 heteroatoms. The highest BCUT2D eigenvalue weighted by Gasteiger charge is 2.22. The van der Waals surface area contributed by atoms with Crippen LogP contribution in [0.2, 0.25) is 0 Å². The molecule has 178 valence electrons. The third-order valence-electron chi connectivity index (χ3n) is 6.40. The summed E-state index contributed by atoms with van der Waals surface area (Å²) < 4.78 is 0. The van der Waals surface area contributed by atoms with E-state index in [4.69, 9.17) is 0 Å². The first-order chi connectivity index (χ1) is 17.5. The number of benzene rings is 5. The average Bonchev–Trinajstić information content (AvgIpc) is 2.86. The largest absolute Gasteiger partial charge is 0.308 e. The Morgan fingerprint density at radius 3 is 0.861 bits per heavy atom. The zero-order valence-electron chi connectivity index (χ0n) is 21.4. The molecule has 5 aromatic carbocycles. The lowest BCUT2D eigenvalue weighted by Crippen LogP contribution is -2.17. The van der Waals surface area contributed by atoms with Crippen LogP contribution in [0.1, 0.15) is 22.3 Å². The Bertz CT molecular complexity index is 1300. The minimum atomic E-state index is 1.12. The van der Waals surface area contributed by atoms with Crippen molar-refractivity contribution >= 4 is 34.1 Å². The maximum atomic E-state index is 2.37. The predicted molar refractivity (Wildman–Crippen MR) is 155 cm³/mol. The van der Waals surface area contributed by atoms with Crippen molar-refractivity contribution in [3.05, 3.63) is 144 Å². The number of anilines is 6. The van der Waals surface area contributed by atoms with Gasteiger partial charge in [-0.3, -0.25) is 0 Å². The third kappa shape index (κ3) is 4.89. The summed E-state index contributed by atoms with van der Waals surface area (Å²) >= 11 is 0. The second-order valence-corrected chi connectivity index (χ2v) is 9.52. The van der Waals surface area contributed by atoms with Crippen molar-refractivity contribution in [2.24, 2.45) is 0 Å². The molecule has 5 rings (SSSR count). The highest BCUT2D eigenvalue weighted by atomic mass is 15.2. The topological polar surface area (TPSA) is 6.48 Å². The van der Waals surface area contributed by atoms with E-state index in [1.54, 1.807) is 0 Å². The van der Waals surface area contributed by atoms with Crippen LogP contribution in [0.5, 0.6) is 0 Å². The van der Waals surface area contributed by atoms with Crippen LogP contribution in [0.15, 0.2) is 121 Å². The SMILES string of the molecule is Cc1cccc(N(c2cccc(C)c2)c2ccccc2N(c2cccc(C)c2)c2cccc(C)c2)c1. The molecule has 0 radical (unpaired) electrons. The first-order valence-corrected chi connectivity index (χ1v) is 12.5. The molecule has 2 nitrogen and oxygen atoms in total. The summed E-state index contributed by atoms with van der Waals surface area (Å²) in [6.07, 6.45) is 0. The first-order valence-electron chi connectivity index (χ1n) is 12.5. The zero-order valence-corrected chi connectivity index (χ0v) is 21.4. The Morgan fingerprint density at radius 2 is 0.611 bits per heavy atom. The molecule has 0 amide bonds. The molecule has 0 spiro atoms. The van der Waals surface area contributed by atoms with Crippen LogP contribution in [-0.4, -0.2) is 0 Å². The molecule has 5 aromatic rings. The van der Waals surface area contributed by atoms with Crippen LogP contribution >= 0.6 is 0 Å². The second-order valence-electron chi connectivity index (χ2n) is 9.52. The number of aryl methyl sites for hydroxylation is 4. The van der Waals surface area contributed by atoms with Crippen LogP contribution in [0.4, 0.5) is 34.1 Å². The highest BCUT2D eigenvalue weighted by Crippen LogP contribution is 2.45. The average molecular weight is 469 g/mol.